The molecule has 19 heavy (non-hydrogen) atoms. The molecule has 0 saturated carbocycles. The first kappa shape index (κ1) is 15.6. The van der Waals surface area contributed by atoms with E-state index in [1.54, 1.807) is 0 Å². The van der Waals surface area contributed by atoms with Crippen LogP contribution in [0, 0.1) is 0 Å². The molecule has 106 valence electrons. The Kier molecular flexibility index (Phi) is 4.66. The normalized spacial score (nSPS) is 11.7. The zero-order valence-corrected chi connectivity index (χ0v) is 10.4. The predicted octanol–water partition coefficient (Wildman–Crippen LogP) is 3.31. The lowest BCUT2D eigenvalue weighted by Crippen LogP contribution is -2.20. The average molecular weight is 350 g/mol. The second-order valence-electron chi connectivity index (χ2n) is 3.23. The Labute approximate surface area is 111 Å². The van der Waals surface area contributed by atoms with Crippen LogP contribution in [0.25, 0.3) is 0 Å². The highest BCUT2D eigenvalue weighted by molar-refractivity contribution is 9.10. The minimum absolute atomic E-state index is 0.473. The van der Waals surface area contributed by atoms with Crippen LogP contribution in [0.1, 0.15) is 17.6 Å². The summed E-state index contributed by atoms with van der Waals surface area (Å²) in [5.74, 6) is -2.59. The van der Waals surface area contributed by atoms with Crippen LogP contribution in [0.2, 0.25) is 0 Å². The maximum atomic E-state index is 12.5. The zero-order valence-electron chi connectivity index (χ0n) is 8.84. The standard InChI is InChI=1S/C9H5BrF5NO3/c10-6-3(1-5(17)18)8(19-9(13,14)15)16-2-4(6)7(11)12/h2,7H,1H2,(H,17,18). The summed E-state index contributed by atoms with van der Waals surface area (Å²) in [6.45, 7) is 0. The molecule has 0 aliphatic heterocycles. The van der Waals surface area contributed by atoms with Crippen LogP contribution in [0.15, 0.2) is 10.7 Å². The van der Waals surface area contributed by atoms with Crippen LogP contribution >= 0.6 is 15.9 Å². The van der Waals surface area contributed by atoms with Gasteiger partial charge in [0.2, 0.25) is 5.88 Å². The summed E-state index contributed by atoms with van der Waals surface area (Å²) < 4.78 is 64.3. The van der Waals surface area contributed by atoms with Gasteiger partial charge >= 0.3 is 12.3 Å². The molecule has 1 aromatic heterocycles. The van der Waals surface area contributed by atoms with Gasteiger partial charge in [0.05, 0.1) is 12.0 Å². The number of rotatable bonds is 4. The average Bonchev–Trinajstić information content (AvgIpc) is 2.20. The van der Waals surface area contributed by atoms with Gasteiger partial charge in [-0.2, -0.15) is 0 Å². The van der Waals surface area contributed by atoms with Crippen molar-refractivity contribution in [2.75, 3.05) is 0 Å². The molecule has 0 aliphatic carbocycles. The summed E-state index contributed by atoms with van der Waals surface area (Å²) in [5, 5.41) is 8.57. The molecule has 0 aliphatic rings. The van der Waals surface area contributed by atoms with E-state index in [1.807, 2.05) is 0 Å². The Hall–Kier alpha value is -1.45. The summed E-state index contributed by atoms with van der Waals surface area (Å²) in [7, 11) is 0. The Bertz CT molecular complexity index is 491. The molecular weight excluding hydrogens is 345 g/mol. The van der Waals surface area contributed by atoms with Gasteiger partial charge in [0.1, 0.15) is 0 Å². The molecule has 0 amide bonds. The molecule has 0 saturated heterocycles. The van der Waals surface area contributed by atoms with Crippen LogP contribution in [-0.2, 0) is 11.2 Å². The number of alkyl halides is 5. The van der Waals surface area contributed by atoms with Crippen molar-refractivity contribution in [2.45, 2.75) is 19.2 Å². The number of halogens is 6. The van der Waals surface area contributed by atoms with E-state index in [0.717, 1.165) is 0 Å². The second-order valence-corrected chi connectivity index (χ2v) is 4.02. The van der Waals surface area contributed by atoms with E-state index >= 15 is 0 Å². The van der Waals surface area contributed by atoms with Crippen LogP contribution in [0.5, 0.6) is 5.88 Å². The number of carbonyl (C=O) groups is 1. The minimum Gasteiger partial charge on any atom is -0.481 e. The van der Waals surface area contributed by atoms with Gasteiger partial charge in [0.15, 0.2) is 0 Å². The first-order valence-corrected chi connectivity index (χ1v) is 5.34. The summed E-state index contributed by atoms with van der Waals surface area (Å²) in [6, 6.07) is 0. The molecule has 1 heterocycles. The van der Waals surface area contributed by atoms with Gasteiger partial charge in [-0.1, -0.05) is 0 Å². The number of ether oxygens (including phenoxy) is 1. The fourth-order valence-electron chi connectivity index (χ4n) is 1.19. The third-order valence-electron chi connectivity index (χ3n) is 1.87. The number of hydrogen-bond acceptors (Lipinski definition) is 3. The molecule has 0 unspecified atom stereocenters. The Balaban J connectivity index is 3.31. The van der Waals surface area contributed by atoms with E-state index < -0.39 is 46.7 Å². The molecule has 1 N–H and O–H groups in total. The van der Waals surface area contributed by atoms with Crippen LogP contribution in [0.3, 0.4) is 0 Å². The first-order valence-electron chi connectivity index (χ1n) is 4.54. The van der Waals surface area contributed by atoms with Crippen molar-refractivity contribution in [1.82, 2.24) is 4.98 Å². The predicted molar refractivity (Wildman–Crippen MR) is 54.9 cm³/mol. The zero-order chi connectivity index (χ0) is 14.8. The van der Waals surface area contributed by atoms with Gasteiger partial charge in [-0.15, -0.1) is 13.2 Å². The molecule has 10 heteroatoms. The van der Waals surface area contributed by atoms with Crippen molar-refractivity contribution in [3.8, 4) is 5.88 Å². The molecule has 0 fully saturated rings. The lowest BCUT2D eigenvalue weighted by atomic mass is 10.1. The number of carboxylic acid groups (broad SMARTS) is 1. The highest BCUT2D eigenvalue weighted by Gasteiger charge is 2.34. The lowest BCUT2D eigenvalue weighted by molar-refractivity contribution is -0.276. The molecule has 0 radical (unpaired) electrons. The van der Waals surface area contributed by atoms with Gasteiger partial charge in [0, 0.05) is 16.2 Å². The third-order valence-corrected chi connectivity index (χ3v) is 2.81. The molecule has 4 nitrogen and oxygen atoms in total. The molecule has 1 aromatic rings. The van der Waals surface area contributed by atoms with E-state index in [-0.39, 0.29) is 0 Å². The van der Waals surface area contributed by atoms with Gasteiger partial charge < -0.3 is 9.84 Å². The second kappa shape index (κ2) is 5.68. The van der Waals surface area contributed by atoms with Gasteiger partial charge in [-0.05, 0) is 15.9 Å². The number of carboxylic acids is 1. The highest BCUT2D eigenvalue weighted by Crippen LogP contribution is 2.35. The Morgan fingerprint density at radius 1 is 1.47 bits per heavy atom. The molecule has 0 atom stereocenters. The maximum absolute atomic E-state index is 12.5. The fraction of sp³-hybridized carbons (Fsp3) is 0.333. The smallest absolute Gasteiger partial charge is 0.481 e. The van der Waals surface area contributed by atoms with Crippen molar-refractivity contribution in [1.29, 1.82) is 0 Å². The van der Waals surface area contributed by atoms with Crippen LogP contribution in [0.4, 0.5) is 22.0 Å². The van der Waals surface area contributed by atoms with E-state index in [1.165, 1.54) is 0 Å². The topological polar surface area (TPSA) is 59.4 Å². The monoisotopic (exact) mass is 349 g/mol. The maximum Gasteiger partial charge on any atom is 0.574 e. The Morgan fingerprint density at radius 2 is 2.05 bits per heavy atom. The van der Waals surface area contributed by atoms with Crippen molar-refractivity contribution in [3.63, 3.8) is 0 Å². The fourth-order valence-corrected chi connectivity index (χ4v) is 1.77. The number of hydrogen-bond donors (Lipinski definition) is 1. The lowest BCUT2D eigenvalue weighted by Gasteiger charge is -2.14. The number of aliphatic carboxylic acids is 1. The largest absolute Gasteiger partial charge is 0.574 e. The van der Waals surface area contributed by atoms with Crippen molar-refractivity contribution >= 4 is 21.9 Å². The number of nitrogens with zero attached hydrogens (tertiary/aromatic N) is 1. The number of pyridine rings is 1. The van der Waals surface area contributed by atoms with Crippen molar-refractivity contribution < 1.29 is 36.6 Å². The quantitative estimate of drug-likeness (QED) is 0.847. The highest BCUT2D eigenvalue weighted by atomic mass is 79.9. The molecular formula is C9H5BrF5NO3. The van der Waals surface area contributed by atoms with Gasteiger partial charge in [0.25, 0.3) is 6.43 Å². The van der Waals surface area contributed by atoms with Crippen molar-refractivity contribution in [3.05, 3.63) is 21.8 Å². The van der Waals surface area contributed by atoms with E-state index in [2.05, 4.69) is 25.7 Å². The Morgan fingerprint density at radius 3 is 2.47 bits per heavy atom. The van der Waals surface area contributed by atoms with Crippen LogP contribution < -0.4 is 4.74 Å². The SMILES string of the molecule is O=C(O)Cc1c(OC(F)(F)F)ncc(C(F)F)c1Br. The minimum atomic E-state index is -5.11. The summed E-state index contributed by atoms with van der Waals surface area (Å²) in [5.41, 5.74) is -1.33. The molecule has 1 rings (SSSR count). The van der Waals surface area contributed by atoms with Gasteiger partial charge in [-0.25, -0.2) is 13.8 Å². The van der Waals surface area contributed by atoms with E-state index in [0.29, 0.717) is 6.20 Å². The summed E-state index contributed by atoms with van der Waals surface area (Å²) in [6.07, 6.45) is -8.58. The van der Waals surface area contributed by atoms with Crippen molar-refractivity contribution in [2.24, 2.45) is 0 Å². The molecule has 0 bridgehead atoms. The van der Waals surface area contributed by atoms with E-state index in [4.69, 9.17) is 5.11 Å². The molecule has 0 spiro atoms. The summed E-state index contributed by atoms with van der Waals surface area (Å²) in [4.78, 5) is 13.6. The first-order chi connectivity index (χ1) is 8.61. The van der Waals surface area contributed by atoms with E-state index in [9.17, 15) is 26.7 Å². The third kappa shape index (κ3) is 4.30. The van der Waals surface area contributed by atoms with Gasteiger partial charge in [-0.3, -0.25) is 4.79 Å². The molecule has 0 aromatic carbocycles. The van der Waals surface area contributed by atoms with Crippen LogP contribution in [-0.4, -0.2) is 22.4 Å². The summed E-state index contributed by atoms with van der Waals surface area (Å²) >= 11 is 2.64. The number of aromatic nitrogens is 1.